The fraction of sp³-hybridized carbons (Fsp3) is 0.417. The highest BCUT2D eigenvalue weighted by atomic mass is 19.1. The zero-order chi connectivity index (χ0) is 12.0. The van der Waals surface area contributed by atoms with Crippen LogP contribution in [0, 0.1) is 0 Å². The summed E-state index contributed by atoms with van der Waals surface area (Å²) in [6, 6.07) is 6.40. The number of ether oxygens (including phenoxy) is 2. The van der Waals surface area contributed by atoms with Gasteiger partial charge >= 0.3 is 5.97 Å². The molecule has 1 aromatic rings. The van der Waals surface area contributed by atoms with Crippen molar-refractivity contribution in [1.29, 1.82) is 0 Å². The highest BCUT2D eigenvalue weighted by Gasteiger charge is 2.21. The smallest absolute Gasteiger partial charge is 0.345 e. The second-order valence-electron chi connectivity index (χ2n) is 3.12. The highest BCUT2D eigenvalue weighted by molar-refractivity contribution is 5.76. The number of benzene rings is 1. The molecule has 0 fully saturated rings. The van der Waals surface area contributed by atoms with Crippen molar-refractivity contribution in [1.82, 2.24) is 0 Å². The Bertz CT molecular complexity index is 352. The number of carbonyl (C=O) groups excluding carboxylic acids is 1. The van der Waals surface area contributed by atoms with E-state index in [1.54, 1.807) is 19.1 Å². The lowest BCUT2D eigenvalue weighted by atomic mass is 10.1. The zero-order valence-electron chi connectivity index (χ0n) is 9.40. The summed E-state index contributed by atoms with van der Waals surface area (Å²) in [5.41, 5.74) is 0.254. The molecule has 0 aromatic heterocycles. The Morgan fingerprint density at radius 2 is 2.12 bits per heavy atom. The molecule has 1 unspecified atom stereocenters. The van der Waals surface area contributed by atoms with Crippen molar-refractivity contribution in [3.8, 4) is 5.75 Å². The minimum atomic E-state index is -1.75. The van der Waals surface area contributed by atoms with Gasteiger partial charge in [0.15, 0.2) is 0 Å². The summed E-state index contributed by atoms with van der Waals surface area (Å²) >= 11 is 0. The Labute approximate surface area is 94.2 Å². The van der Waals surface area contributed by atoms with Gasteiger partial charge in [-0.25, -0.2) is 9.18 Å². The Morgan fingerprint density at radius 1 is 1.38 bits per heavy atom. The van der Waals surface area contributed by atoms with E-state index in [0.717, 1.165) is 0 Å². The van der Waals surface area contributed by atoms with Crippen LogP contribution in [0.1, 0.15) is 25.6 Å². The predicted octanol–water partition coefficient (Wildman–Crippen LogP) is 2.66. The first kappa shape index (κ1) is 12.5. The van der Waals surface area contributed by atoms with Crippen molar-refractivity contribution in [2.75, 3.05) is 13.2 Å². The van der Waals surface area contributed by atoms with E-state index in [2.05, 4.69) is 4.74 Å². The number of esters is 1. The van der Waals surface area contributed by atoms with Crippen LogP contribution in [-0.4, -0.2) is 19.2 Å². The SMILES string of the molecule is CCOC(=O)C(F)c1cccc(OCC)c1. The third kappa shape index (κ3) is 3.22. The van der Waals surface area contributed by atoms with Gasteiger partial charge in [0.2, 0.25) is 6.17 Å². The van der Waals surface area contributed by atoms with Crippen molar-refractivity contribution in [2.24, 2.45) is 0 Å². The van der Waals surface area contributed by atoms with Gasteiger partial charge in [0.25, 0.3) is 0 Å². The molecule has 0 spiro atoms. The fourth-order valence-corrected chi connectivity index (χ4v) is 1.28. The van der Waals surface area contributed by atoms with Crippen molar-refractivity contribution in [3.63, 3.8) is 0 Å². The molecular weight excluding hydrogens is 211 g/mol. The lowest BCUT2D eigenvalue weighted by Gasteiger charge is -2.09. The molecule has 1 atom stereocenters. The van der Waals surface area contributed by atoms with Gasteiger partial charge in [-0.1, -0.05) is 12.1 Å². The van der Waals surface area contributed by atoms with Gasteiger partial charge in [-0.05, 0) is 26.0 Å². The average Bonchev–Trinajstić information content (AvgIpc) is 2.29. The molecular formula is C12H15FO3. The molecule has 0 saturated heterocycles. The Hall–Kier alpha value is -1.58. The van der Waals surface area contributed by atoms with E-state index in [-0.39, 0.29) is 12.2 Å². The van der Waals surface area contributed by atoms with E-state index in [4.69, 9.17) is 4.74 Å². The lowest BCUT2D eigenvalue weighted by Crippen LogP contribution is -2.11. The number of halogens is 1. The largest absolute Gasteiger partial charge is 0.494 e. The Kier molecular flexibility index (Phi) is 4.76. The molecule has 0 bridgehead atoms. The molecule has 0 amide bonds. The Balaban J connectivity index is 2.78. The molecule has 0 aliphatic carbocycles. The second-order valence-corrected chi connectivity index (χ2v) is 3.12. The van der Waals surface area contributed by atoms with Gasteiger partial charge < -0.3 is 9.47 Å². The molecule has 0 heterocycles. The van der Waals surface area contributed by atoms with Crippen molar-refractivity contribution in [3.05, 3.63) is 29.8 Å². The first-order valence-corrected chi connectivity index (χ1v) is 5.22. The van der Waals surface area contributed by atoms with Gasteiger partial charge in [0.05, 0.1) is 13.2 Å². The average molecular weight is 226 g/mol. The quantitative estimate of drug-likeness (QED) is 0.724. The molecule has 0 saturated carbocycles. The lowest BCUT2D eigenvalue weighted by molar-refractivity contribution is -0.149. The minimum Gasteiger partial charge on any atom is -0.494 e. The topological polar surface area (TPSA) is 35.5 Å². The maximum absolute atomic E-state index is 13.6. The molecule has 1 rings (SSSR count). The standard InChI is InChI=1S/C12H15FO3/c1-3-15-10-7-5-6-9(8-10)11(13)12(14)16-4-2/h5-8,11H,3-4H2,1-2H3. The van der Waals surface area contributed by atoms with E-state index >= 15 is 0 Å². The summed E-state index contributed by atoms with van der Waals surface area (Å²) in [5.74, 6) is -0.317. The van der Waals surface area contributed by atoms with Crippen molar-refractivity contribution >= 4 is 5.97 Å². The van der Waals surface area contributed by atoms with Gasteiger partial charge in [-0.15, -0.1) is 0 Å². The number of alkyl halides is 1. The summed E-state index contributed by atoms with van der Waals surface area (Å²) in [6.45, 7) is 4.15. The van der Waals surface area contributed by atoms with Crippen LogP contribution in [0.15, 0.2) is 24.3 Å². The third-order valence-electron chi connectivity index (χ3n) is 1.96. The van der Waals surface area contributed by atoms with Gasteiger partial charge in [-0.3, -0.25) is 0 Å². The minimum absolute atomic E-state index is 0.171. The summed E-state index contributed by atoms with van der Waals surface area (Å²) < 4.78 is 23.4. The van der Waals surface area contributed by atoms with Crippen LogP contribution in [0.5, 0.6) is 5.75 Å². The normalized spacial score (nSPS) is 11.9. The van der Waals surface area contributed by atoms with Gasteiger partial charge in [-0.2, -0.15) is 0 Å². The fourth-order valence-electron chi connectivity index (χ4n) is 1.28. The van der Waals surface area contributed by atoms with Crippen LogP contribution in [-0.2, 0) is 9.53 Å². The summed E-state index contributed by atoms with van der Waals surface area (Å²) in [5, 5.41) is 0. The van der Waals surface area contributed by atoms with Crippen LogP contribution in [0.25, 0.3) is 0 Å². The van der Waals surface area contributed by atoms with E-state index < -0.39 is 12.1 Å². The number of rotatable bonds is 5. The van der Waals surface area contributed by atoms with Crippen molar-refractivity contribution < 1.29 is 18.7 Å². The van der Waals surface area contributed by atoms with Crippen LogP contribution >= 0.6 is 0 Å². The van der Waals surface area contributed by atoms with E-state index in [1.807, 2.05) is 6.92 Å². The molecule has 0 radical (unpaired) electrons. The third-order valence-corrected chi connectivity index (χ3v) is 1.96. The maximum atomic E-state index is 13.6. The van der Waals surface area contributed by atoms with Gasteiger partial charge in [0, 0.05) is 5.56 Å². The first-order chi connectivity index (χ1) is 7.69. The number of hydrogen-bond acceptors (Lipinski definition) is 3. The predicted molar refractivity (Wildman–Crippen MR) is 58.1 cm³/mol. The molecule has 4 heteroatoms. The van der Waals surface area contributed by atoms with Gasteiger partial charge in [0.1, 0.15) is 5.75 Å². The van der Waals surface area contributed by atoms with Crippen LogP contribution in [0.3, 0.4) is 0 Å². The first-order valence-electron chi connectivity index (χ1n) is 5.22. The molecule has 0 aliphatic heterocycles. The summed E-state index contributed by atoms with van der Waals surface area (Å²) in [6.07, 6.45) is -1.75. The second kappa shape index (κ2) is 6.10. The van der Waals surface area contributed by atoms with Crippen molar-refractivity contribution in [2.45, 2.75) is 20.0 Å². The van der Waals surface area contributed by atoms with E-state index in [9.17, 15) is 9.18 Å². The molecule has 0 aliphatic rings. The van der Waals surface area contributed by atoms with E-state index in [0.29, 0.717) is 12.4 Å². The van der Waals surface area contributed by atoms with Crippen LogP contribution < -0.4 is 4.74 Å². The monoisotopic (exact) mass is 226 g/mol. The summed E-state index contributed by atoms with van der Waals surface area (Å²) in [7, 11) is 0. The number of hydrogen-bond donors (Lipinski definition) is 0. The Morgan fingerprint density at radius 3 is 2.75 bits per heavy atom. The highest BCUT2D eigenvalue weighted by Crippen LogP contribution is 2.23. The maximum Gasteiger partial charge on any atom is 0.345 e. The molecule has 16 heavy (non-hydrogen) atoms. The van der Waals surface area contributed by atoms with E-state index in [1.165, 1.54) is 12.1 Å². The molecule has 0 N–H and O–H groups in total. The zero-order valence-corrected chi connectivity index (χ0v) is 9.40. The summed E-state index contributed by atoms with van der Waals surface area (Å²) in [4.78, 5) is 11.2. The molecule has 1 aromatic carbocycles. The molecule has 88 valence electrons. The molecule has 3 nitrogen and oxygen atoms in total. The van der Waals surface area contributed by atoms with Crippen LogP contribution in [0.2, 0.25) is 0 Å². The number of carbonyl (C=O) groups is 1. The van der Waals surface area contributed by atoms with Crippen LogP contribution in [0.4, 0.5) is 4.39 Å².